The lowest BCUT2D eigenvalue weighted by atomic mass is 10.1. The van der Waals surface area contributed by atoms with Crippen LogP contribution in [0.25, 0.3) is 10.9 Å². The summed E-state index contributed by atoms with van der Waals surface area (Å²) in [6, 6.07) is 21.3. The first-order valence-corrected chi connectivity index (χ1v) is 11.2. The minimum absolute atomic E-state index is 0.00860. The molecule has 3 aromatic carbocycles. The number of H-pyrrole nitrogens is 1. The van der Waals surface area contributed by atoms with Crippen molar-refractivity contribution in [2.24, 2.45) is 10.2 Å². The molecular formula is C27H28N4O2. The van der Waals surface area contributed by atoms with Crippen molar-refractivity contribution in [3.8, 4) is 5.88 Å². The average molecular weight is 441 g/mol. The van der Waals surface area contributed by atoms with Gasteiger partial charge in [-0.15, -0.1) is 5.11 Å². The van der Waals surface area contributed by atoms with Crippen molar-refractivity contribution in [2.45, 2.75) is 33.1 Å². The first-order valence-electron chi connectivity index (χ1n) is 11.2. The van der Waals surface area contributed by atoms with Crippen LogP contribution < -0.4 is 5.32 Å². The van der Waals surface area contributed by atoms with Crippen LogP contribution in [0, 0.1) is 13.8 Å². The molecule has 0 radical (unpaired) electrons. The monoisotopic (exact) mass is 440 g/mol. The summed E-state index contributed by atoms with van der Waals surface area (Å²) in [5.41, 5.74) is 5.89. The summed E-state index contributed by atoms with van der Waals surface area (Å²) in [4.78, 5) is 15.4. The zero-order valence-electron chi connectivity index (χ0n) is 18.9. The number of aromatic amines is 1. The highest BCUT2D eigenvalue weighted by Gasteiger charge is 2.13. The van der Waals surface area contributed by atoms with E-state index in [1.165, 1.54) is 5.56 Å². The minimum Gasteiger partial charge on any atom is -0.493 e. The fraction of sp³-hybridized carbons (Fsp3) is 0.222. The van der Waals surface area contributed by atoms with Gasteiger partial charge in [-0.05, 0) is 74.6 Å². The molecule has 0 aliphatic carbocycles. The molecule has 0 saturated carbocycles. The Labute approximate surface area is 193 Å². The maximum absolute atomic E-state index is 12.4. The quantitative estimate of drug-likeness (QED) is 0.211. The molecule has 0 saturated heterocycles. The van der Waals surface area contributed by atoms with Gasteiger partial charge in [0, 0.05) is 17.5 Å². The molecule has 0 atom stereocenters. The number of carbonyl (C=O) groups is 1. The second-order valence-corrected chi connectivity index (χ2v) is 8.27. The van der Waals surface area contributed by atoms with Gasteiger partial charge in [-0.25, -0.2) is 0 Å². The normalized spacial score (nSPS) is 11.3. The van der Waals surface area contributed by atoms with Crippen LogP contribution in [0.4, 0.5) is 11.4 Å². The average Bonchev–Trinajstić information content (AvgIpc) is 3.13. The van der Waals surface area contributed by atoms with E-state index in [4.69, 9.17) is 0 Å². The summed E-state index contributed by atoms with van der Waals surface area (Å²) < 4.78 is 0. The van der Waals surface area contributed by atoms with E-state index in [0.29, 0.717) is 23.5 Å². The van der Waals surface area contributed by atoms with Crippen molar-refractivity contribution in [2.75, 3.05) is 6.54 Å². The van der Waals surface area contributed by atoms with E-state index in [1.807, 2.05) is 44.2 Å². The Bertz CT molecular complexity index is 1280. The van der Waals surface area contributed by atoms with Crippen LogP contribution in [0.3, 0.4) is 0 Å². The second-order valence-electron chi connectivity index (χ2n) is 8.27. The Kier molecular flexibility index (Phi) is 6.83. The smallest absolute Gasteiger partial charge is 0.251 e. The number of nitrogens with one attached hydrogen (secondary N) is 2. The Balaban J connectivity index is 1.33. The van der Waals surface area contributed by atoms with Crippen molar-refractivity contribution < 1.29 is 9.90 Å². The molecule has 6 heteroatoms. The van der Waals surface area contributed by atoms with E-state index in [0.717, 1.165) is 41.3 Å². The van der Waals surface area contributed by atoms with Gasteiger partial charge in [0.05, 0.1) is 11.2 Å². The fourth-order valence-electron chi connectivity index (χ4n) is 3.92. The summed E-state index contributed by atoms with van der Waals surface area (Å²) in [5.74, 6) is -0.107. The van der Waals surface area contributed by atoms with Crippen LogP contribution in [0.1, 0.15) is 39.9 Å². The van der Waals surface area contributed by atoms with Gasteiger partial charge in [0.15, 0.2) is 5.69 Å². The van der Waals surface area contributed by atoms with Gasteiger partial charge in [-0.1, -0.05) is 42.0 Å². The van der Waals surface area contributed by atoms with Gasteiger partial charge in [-0.3, -0.25) is 4.79 Å². The van der Waals surface area contributed by atoms with Gasteiger partial charge in [0.1, 0.15) is 0 Å². The summed E-state index contributed by atoms with van der Waals surface area (Å²) >= 11 is 0. The Morgan fingerprint density at radius 2 is 1.73 bits per heavy atom. The maximum atomic E-state index is 12.4. The number of azo groups is 1. The number of hydrogen-bond donors (Lipinski definition) is 3. The molecule has 4 aromatic rings. The third kappa shape index (κ3) is 5.47. The van der Waals surface area contributed by atoms with E-state index >= 15 is 0 Å². The topological polar surface area (TPSA) is 89.8 Å². The summed E-state index contributed by atoms with van der Waals surface area (Å²) in [6.45, 7) is 4.63. The number of hydrogen-bond acceptors (Lipinski definition) is 4. The van der Waals surface area contributed by atoms with Crippen molar-refractivity contribution in [1.82, 2.24) is 10.3 Å². The number of amides is 1. The number of unbranched alkanes of at least 4 members (excludes halogenated alkanes) is 1. The molecule has 4 rings (SSSR count). The molecule has 0 aliphatic heterocycles. The molecular weight excluding hydrogens is 412 g/mol. The molecule has 0 spiro atoms. The van der Waals surface area contributed by atoms with Crippen molar-refractivity contribution in [1.29, 1.82) is 0 Å². The number of benzene rings is 3. The van der Waals surface area contributed by atoms with E-state index in [2.05, 4.69) is 32.7 Å². The largest absolute Gasteiger partial charge is 0.493 e. The van der Waals surface area contributed by atoms with Gasteiger partial charge in [0.25, 0.3) is 5.91 Å². The number of aromatic hydroxyl groups is 1. The van der Waals surface area contributed by atoms with Gasteiger partial charge in [0.2, 0.25) is 5.88 Å². The van der Waals surface area contributed by atoms with Crippen molar-refractivity contribution in [3.05, 3.63) is 89.0 Å². The van der Waals surface area contributed by atoms with Crippen LogP contribution >= 0.6 is 0 Å². The molecule has 0 unspecified atom stereocenters. The molecule has 0 bridgehead atoms. The van der Waals surface area contributed by atoms with Crippen LogP contribution in [0.2, 0.25) is 0 Å². The molecule has 1 amide bonds. The highest BCUT2D eigenvalue weighted by atomic mass is 16.3. The van der Waals surface area contributed by atoms with Crippen molar-refractivity contribution in [3.63, 3.8) is 0 Å². The third-order valence-electron chi connectivity index (χ3n) is 5.62. The van der Waals surface area contributed by atoms with Crippen LogP contribution in [0.15, 0.2) is 77.0 Å². The molecule has 168 valence electrons. The second kappa shape index (κ2) is 10.1. The number of aromatic nitrogens is 1. The Morgan fingerprint density at radius 1 is 0.970 bits per heavy atom. The SMILES string of the molecule is Cc1cc(C)c2[nH]c(O)c(N=Nc3ccc(C(=O)NCCCCc4ccccc4)cc3)c2c1. The van der Waals surface area contributed by atoms with Crippen molar-refractivity contribution >= 4 is 28.2 Å². The third-order valence-corrected chi connectivity index (χ3v) is 5.62. The standard InChI is InChI=1S/C27H28N4O2/c1-18-16-19(2)24-23(17-18)25(27(33)29-24)31-30-22-13-11-21(12-14-22)26(32)28-15-7-6-10-20-8-4-3-5-9-20/h3-5,8-9,11-14,16-17,29,33H,6-7,10,15H2,1-2H3,(H,28,32). The Hall–Kier alpha value is -3.93. The van der Waals surface area contributed by atoms with Crippen LogP contribution in [0.5, 0.6) is 5.88 Å². The molecule has 0 fully saturated rings. The maximum Gasteiger partial charge on any atom is 0.251 e. The van der Waals surface area contributed by atoms with Crippen LogP contribution in [-0.2, 0) is 6.42 Å². The predicted octanol–water partition coefficient (Wildman–Crippen LogP) is 6.66. The molecule has 3 N–H and O–H groups in total. The minimum atomic E-state index is -0.0987. The van der Waals surface area contributed by atoms with Gasteiger partial charge < -0.3 is 15.4 Å². The predicted molar refractivity (Wildman–Crippen MR) is 132 cm³/mol. The zero-order chi connectivity index (χ0) is 23.2. The lowest BCUT2D eigenvalue weighted by Gasteiger charge is -2.06. The van der Waals surface area contributed by atoms with Gasteiger partial charge >= 0.3 is 0 Å². The lowest BCUT2D eigenvalue weighted by molar-refractivity contribution is 0.0953. The number of rotatable bonds is 8. The summed E-state index contributed by atoms with van der Waals surface area (Å²) in [6.07, 6.45) is 2.98. The molecule has 33 heavy (non-hydrogen) atoms. The number of fused-ring (bicyclic) bond motifs is 1. The van der Waals surface area contributed by atoms with E-state index in [1.54, 1.807) is 24.3 Å². The van der Waals surface area contributed by atoms with Crippen LogP contribution in [-0.4, -0.2) is 22.5 Å². The summed E-state index contributed by atoms with van der Waals surface area (Å²) in [5, 5.41) is 22.6. The molecule has 0 aliphatic rings. The number of carbonyl (C=O) groups excluding carboxylic acids is 1. The van der Waals surface area contributed by atoms with E-state index in [9.17, 15) is 9.90 Å². The fourth-order valence-corrected chi connectivity index (χ4v) is 3.92. The molecule has 1 aromatic heterocycles. The summed E-state index contributed by atoms with van der Waals surface area (Å²) in [7, 11) is 0. The van der Waals surface area contributed by atoms with Gasteiger partial charge in [-0.2, -0.15) is 5.11 Å². The Morgan fingerprint density at radius 3 is 2.48 bits per heavy atom. The molecule has 6 nitrogen and oxygen atoms in total. The number of aryl methyl sites for hydroxylation is 3. The lowest BCUT2D eigenvalue weighted by Crippen LogP contribution is -2.24. The zero-order valence-corrected chi connectivity index (χ0v) is 18.9. The molecule has 1 heterocycles. The highest BCUT2D eigenvalue weighted by molar-refractivity contribution is 5.96. The van der Waals surface area contributed by atoms with E-state index in [-0.39, 0.29) is 11.8 Å². The van der Waals surface area contributed by atoms with E-state index < -0.39 is 0 Å². The first-order chi connectivity index (χ1) is 16.0. The highest BCUT2D eigenvalue weighted by Crippen LogP contribution is 2.38. The first kappa shape index (κ1) is 22.3. The number of nitrogens with zero attached hydrogens (tertiary/aromatic N) is 2.